The van der Waals surface area contributed by atoms with Crippen LogP contribution in [0.5, 0.6) is 0 Å². The Balaban J connectivity index is 1.92. The van der Waals surface area contributed by atoms with Gasteiger partial charge in [0, 0.05) is 10.0 Å². The highest BCUT2D eigenvalue weighted by Crippen LogP contribution is 2.33. The zero-order valence-corrected chi connectivity index (χ0v) is 15.2. The third-order valence-corrected chi connectivity index (χ3v) is 5.61. The number of hydrogen-bond donors (Lipinski definition) is 0. The van der Waals surface area contributed by atoms with E-state index >= 15 is 0 Å². The van der Waals surface area contributed by atoms with Gasteiger partial charge in [-0.25, -0.2) is 4.98 Å². The minimum Gasteiger partial charge on any atom is -0.236 e. The quantitative estimate of drug-likeness (QED) is 0.356. The zero-order valence-electron chi connectivity index (χ0n) is 12.8. The molecule has 0 radical (unpaired) electrons. The molecule has 3 aromatic carbocycles. The topological polar surface area (TPSA) is 12.9 Å². The highest BCUT2D eigenvalue weighted by Gasteiger charge is 2.11. The summed E-state index contributed by atoms with van der Waals surface area (Å²) in [6.07, 6.45) is 2.21. The second-order valence-corrected chi connectivity index (χ2v) is 7.32. The molecule has 0 unspecified atom stereocenters. The van der Waals surface area contributed by atoms with E-state index in [4.69, 9.17) is 4.98 Å². The Bertz CT molecular complexity index is 985. The number of rotatable bonds is 3. The maximum absolute atomic E-state index is 4.85. The van der Waals surface area contributed by atoms with Gasteiger partial charge in [-0.15, -0.1) is 11.3 Å². The van der Waals surface area contributed by atoms with Crippen LogP contribution in [0.2, 0.25) is 0 Å². The van der Waals surface area contributed by atoms with Crippen molar-refractivity contribution in [3.63, 3.8) is 0 Å². The first-order valence-electron chi connectivity index (χ1n) is 7.69. The van der Waals surface area contributed by atoms with Crippen LogP contribution in [0.1, 0.15) is 16.1 Å². The molecular weight excluding hydrogens is 378 g/mol. The number of halogens is 1. The average Bonchev–Trinajstić information content (AvgIpc) is 3.05. The van der Waals surface area contributed by atoms with Crippen LogP contribution in [-0.4, -0.2) is 4.98 Å². The van der Waals surface area contributed by atoms with Crippen LogP contribution in [0.4, 0.5) is 0 Å². The highest BCUT2D eigenvalue weighted by atomic mass is 79.9. The number of hydrogen-bond acceptors (Lipinski definition) is 2. The van der Waals surface area contributed by atoms with E-state index in [1.54, 1.807) is 11.3 Å². The van der Waals surface area contributed by atoms with Gasteiger partial charge >= 0.3 is 0 Å². The van der Waals surface area contributed by atoms with Crippen molar-refractivity contribution in [2.45, 2.75) is 0 Å². The second kappa shape index (κ2) is 6.71. The molecule has 0 amide bonds. The Kier molecular flexibility index (Phi) is 4.28. The molecule has 0 aliphatic carbocycles. The summed E-state index contributed by atoms with van der Waals surface area (Å²) in [5, 5.41) is 1.04. The summed E-state index contributed by atoms with van der Waals surface area (Å²) in [6, 6.07) is 27.0. The number of benzene rings is 3. The molecule has 0 spiro atoms. The molecule has 4 aromatic rings. The summed E-state index contributed by atoms with van der Waals surface area (Å²) in [4.78, 5) is 4.85. The molecule has 0 aliphatic heterocycles. The first-order chi connectivity index (χ1) is 11.8. The molecule has 0 saturated heterocycles. The summed E-state index contributed by atoms with van der Waals surface area (Å²) in [6.45, 7) is 0. The number of thiazole rings is 1. The predicted molar refractivity (Wildman–Crippen MR) is 107 cm³/mol. The lowest BCUT2D eigenvalue weighted by molar-refractivity contribution is 1.43. The van der Waals surface area contributed by atoms with Crippen molar-refractivity contribution in [2.24, 2.45) is 0 Å². The molecule has 24 heavy (non-hydrogen) atoms. The SMILES string of the molecule is Brc1ccccc1C=C(c1ccccc1)c1nc2ccccc2s1. The van der Waals surface area contributed by atoms with E-state index in [2.05, 4.69) is 82.7 Å². The maximum atomic E-state index is 4.85. The molecule has 4 rings (SSSR count). The first kappa shape index (κ1) is 15.3. The van der Waals surface area contributed by atoms with E-state index in [1.165, 1.54) is 10.3 Å². The van der Waals surface area contributed by atoms with Crippen LogP contribution in [0.15, 0.2) is 83.3 Å². The van der Waals surface area contributed by atoms with Crippen LogP contribution >= 0.6 is 27.3 Å². The van der Waals surface area contributed by atoms with Gasteiger partial charge in [0.25, 0.3) is 0 Å². The van der Waals surface area contributed by atoms with Crippen LogP contribution in [0.25, 0.3) is 21.9 Å². The maximum Gasteiger partial charge on any atom is 0.125 e. The Labute approximate surface area is 153 Å². The molecule has 0 N–H and O–H groups in total. The molecule has 0 aliphatic rings. The summed E-state index contributed by atoms with van der Waals surface area (Å²) in [5.74, 6) is 0. The molecular formula is C21H14BrNS. The summed E-state index contributed by atoms with van der Waals surface area (Å²) in [5.41, 5.74) is 4.51. The van der Waals surface area contributed by atoms with Crippen molar-refractivity contribution in [3.8, 4) is 0 Å². The van der Waals surface area contributed by atoms with Crippen molar-refractivity contribution < 1.29 is 0 Å². The van der Waals surface area contributed by atoms with Crippen LogP contribution in [0, 0.1) is 0 Å². The van der Waals surface area contributed by atoms with Gasteiger partial charge in [0.2, 0.25) is 0 Å². The Morgan fingerprint density at radius 1 is 0.833 bits per heavy atom. The van der Waals surface area contributed by atoms with E-state index in [9.17, 15) is 0 Å². The van der Waals surface area contributed by atoms with Gasteiger partial charge < -0.3 is 0 Å². The van der Waals surface area contributed by atoms with Gasteiger partial charge in [-0.05, 0) is 35.4 Å². The van der Waals surface area contributed by atoms with E-state index in [0.29, 0.717) is 0 Å². The Morgan fingerprint density at radius 2 is 1.54 bits per heavy atom. The summed E-state index contributed by atoms with van der Waals surface area (Å²) in [7, 11) is 0. The molecule has 1 nitrogen and oxygen atoms in total. The fourth-order valence-electron chi connectivity index (χ4n) is 2.62. The fourth-order valence-corrected chi connectivity index (χ4v) is 4.02. The van der Waals surface area contributed by atoms with Gasteiger partial charge in [-0.3, -0.25) is 0 Å². The normalized spacial score (nSPS) is 11.8. The second-order valence-electron chi connectivity index (χ2n) is 5.43. The average molecular weight is 392 g/mol. The lowest BCUT2D eigenvalue weighted by Crippen LogP contribution is -1.88. The van der Waals surface area contributed by atoms with E-state index in [-0.39, 0.29) is 0 Å². The highest BCUT2D eigenvalue weighted by molar-refractivity contribution is 9.10. The lowest BCUT2D eigenvalue weighted by atomic mass is 10.0. The third-order valence-electron chi connectivity index (χ3n) is 3.81. The largest absolute Gasteiger partial charge is 0.236 e. The molecule has 0 bridgehead atoms. The monoisotopic (exact) mass is 391 g/mol. The van der Waals surface area contributed by atoms with Gasteiger partial charge in [-0.2, -0.15) is 0 Å². The van der Waals surface area contributed by atoms with Crippen molar-refractivity contribution >= 4 is 49.1 Å². The van der Waals surface area contributed by atoms with Crippen molar-refractivity contribution in [1.82, 2.24) is 4.98 Å². The van der Waals surface area contributed by atoms with Gasteiger partial charge in [0.05, 0.1) is 10.2 Å². The molecule has 1 heterocycles. The van der Waals surface area contributed by atoms with Crippen LogP contribution in [-0.2, 0) is 0 Å². The van der Waals surface area contributed by atoms with Gasteiger partial charge in [-0.1, -0.05) is 76.6 Å². The Morgan fingerprint density at radius 3 is 2.33 bits per heavy atom. The Hall–Kier alpha value is -2.23. The number of para-hydroxylation sites is 1. The number of fused-ring (bicyclic) bond motifs is 1. The fraction of sp³-hybridized carbons (Fsp3) is 0. The van der Waals surface area contributed by atoms with Crippen molar-refractivity contribution in [1.29, 1.82) is 0 Å². The predicted octanol–water partition coefficient (Wildman–Crippen LogP) is 6.65. The van der Waals surface area contributed by atoms with E-state index in [1.807, 2.05) is 18.2 Å². The van der Waals surface area contributed by atoms with Gasteiger partial charge in [0.15, 0.2) is 0 Å². The zero-order chi connectivity index (χ0) is 16.4. The van der Waals surface area contributed by atoms with Crippen molar-refractivity contribution in [2.75, 3.05) is 0 Å². The van der Waals surface area contributed by atoms with E-state index < -0.39 is 0 Å². The summed E-state index contributed by atoms with van der Waals surface area (Å²) < 4.78 is 2.29. The van der Waals surface area contributed by atoms with Crippen LogP contribution in [0.3, 0.4) is 0 Å². The van der Waals surface area contributed by atoms with Crippen molar-refractivity contribution in [3.05, 3.63) is 99.5 Å². The molecule has 0 saturated carbocycles. The first-order valence-corrected chi connectivity index (χ1v) is 9.30. The summed E-state index contributed by atoms with van der Waals surface area (Å²) >= 11 is 5.37. The molecule has 116 valence electrons. The molecule has 1 aromatic heterocycles. The molecule has 0 atom stereocenters. The minimum atomic E-state index is 1.04. The lowest BCUT2D eigenvalue weighted by Gasteiger charge is -2.06. The smallest absolute Gasteiger partial charge is 0.125 e. The molecule has 0 fully saturated rings. The number of aromatic nitrogens is 1. The van der Waals surface area contributed by atoms with E-state index in [0.717, 1.165) is 26.1 Å². The number of nitrogens with zero attached hydrogens (tertiary/aromatic N) is 1. The van der Waals surface area contributed by atoms with Crippen LogP contribution < -0.4 is 0 Å². The molecule has 3 heteroatoms. The third kappa shape index (κ3) is 3.05. The standard InChI is InChI=1S/C21H14BrNS/c22-18-11-5-4-10-16(18)14-17(15-8-2-1-3-9-15)21-23-19-12-6-7-13-20(19)24-21/h1-14H. The van der Waals surface area contributed by atoms with Gasteiger partial charge in [0.1, 0.15) is 5.01 Å². The minimum absolute atomic E-state index is 1.04.